The molecule has 0 aliphatic rings. The Morgan fingerprint density at radius 2 is 1.93 bits per heavy atom. The summed E-state index contributed by atoms with van der Waals surface area (Å²) in [5.74, 6) is 0.365. The fourth-order valence-corrected chi connectivity index (χ4v) is 3.48. The molecule has 0 fully saturated rings. The van der Waals surface area contributed by atoms with Crippen molar-refractivity contribution in [1.82, 2.24) is 15.0 Å². The van der Waals surface area contributed by atoms with Crippen molar-refractivity contribution in [3.63, 3.8) is 0 Å². The van der Waals surface area contributed by atoms with Gasteiger partial charge in [-0.05, 0) is 44.5 Å². The molecule has 2 aromatic heterocycles. The molecule has 3 rings (SSSR count). The number of aryl methyl sites for hydroxylation is 3. The highest BCUT2D eigenvalue weighted by atomic mass is 32.1. The number of anilines is 1. The summed E-state index contributed by atoms with van der Waals surface area (Å²) in [7, 11) is 0. The van der Waals surface area contributed by atoms with Crippen molar-refractivity contribution in [2.75, 3.05) is 5.32 Å². The van der Waals surface area contributed by atoms with Crippen LogP contribution in [-0.2, 0) is 6.42 Å². The lowest BCUT2D eigenvalue weighted by Gasteiger charge is -2.06. The fraction of sp³-hybridized carbons (Fsp3) is 0.263. The van der Waals surface area contributed by atoms with Gasteiger partial charge >= 0.3 is 6.61 Å². The van der Waals surface area contributed by atoms with Crippen LogP contribution in [0.1, 0.15) is 33.7 Å². The van der Waals surface area contributed by atoms with Crippen molar-refractivity contribution < 1.29 is 18.3 Å². The minimum Gasteiger partial charge on any atom is -0.435 e. The molecule has 6 nitrogen and oxygen atoms in total. The van der Waals surface area contributed by atoms with Gasteiger partial charge < -0.3 is 4.74 Å². The van der Waals surface area contributed by atoms with E-state index in [2.05, 4.69) is 25.0 Å². The van der Waals surface area contributed by atoms with Gasteiger partial charge in [-0.2, -0.15) is 8.78 Å². The molecule has 2 heterocycles. The summed E-state index contributed by atoms with van der Waals surface area (Å²) < 4.78 is 28.9. The van der Waals surface area contributed by atoms with Crippen LogP contribution in [0.3, 0.4) is 0 Å². The van der Waals surface area contributed by atoms with E-state index in [1.54, 1.807) is 19.1 Å². The van der Waals surface area contributed by atoms with Gasteiger partial charge in [-0.3, -0.25) is 10.1 Å². The predicted octanol–water partition coefficient (Wildman–Crippen LogP) is 4.63. The largest absolute Gasteiger partial charge is 0.435 e. The Morgan fingerprint density at radius 1 is 1.21 bits per heavy atom. The average Bonchev–Trinajstić information content (AvgIpc) is 3.01. The summed E-state index contributed by atoms with van der Waals surface area (Å²) in [6.07, 6.45) is 2.13. The molecule has 0 radical (unpaired) electrons. The van der Waals surface area contributed by atoms with Crippen LogP contribution in [-0.4, -0.2) is 27.5 Å². The van der Waals surface area contributed by atoms with Gasteiger partial charge in [0.05, 0.1) is 17.0 Å². The van der Waals surface area contributed by atoms with Crippen molar-refractivity contribution in [3.8, 4) is 17.0 Å². The average molecular weight is 404 g/mol. The number of thiazole rings is 1. The summed E-state index contributed by atoms with van der Waals surface area (Å²) in [6.45, 7) is 2.70. The molecule has 0 atom stereocenters. The molecule has 146 valence electrons. The second kappa shape index (κ2) is 8.39. The lowest BCUT2D eigenvalue weighted by molar-refractivity contribution is -0.0498. The first kappa shape index (κ1) is 19.8. The van der Waals surface area contributed by atoms with Crippen LogP contribution >= 0.6 is 11.3 Å². The monoisotopic (exact) mass is 404 g/mol. The number of hydrogen-bond donors (Lipinski definition) is 1. The van der Waals surface area contributed by atoms with Crippen molar-refractivity contribution >= 4 is 22.4 Å². The highest BCUT2D eigenvalue weighted by molar-refractivity contribution is 7.16. The number of carbonyl (C=O) groups is 1. The van der Waals surface area contributed by atoms with E-state index in [1.165, 1.54) is 29.7 Å². The van der Waals surface area contributed by atoms with E-state index in [0.29, 0.717) is 34.3 Å². The number of aromatic nitrogens is 3. The molecule has 1 N–H and O–H groups in total. The SMILES string of the molecule is CCc1nc(C)ncc1C(=O)Nc1nc(-c2ccc(OC(F)F)cc2)c(C)s1. The van der Waals surface area contributed by atoms with Gasteiger partial charge in [-0.1, -0.05) is 6.92 Å². The topological polar surface area (TPSA) is 77.0 Å². The fourth-order valence-electron chi connectivity index (χ4n) is 2.65. The molecular formula is C19H18F2N4O2S. The molecule has 0 aliphatic carbocycles. The molecule has 1 amide bonds. The van der Waals surface area contributed by atoms with E-state index in [4.69, 9.17) is 0 Å². The maximum atomic E-state index is 12.6. The summed E-state index contributed by atoms with van der Waals surface area (Å²) >= 11 is 1.33. The van der Waals surface area contributed by atoms with Crippen LogP contribution in [0.2, 0.25) is 0 Å². The number of alkyl halides is 2. The van der Waals surface area contributed by atoms with Crippen LogP contribution in [0.25, 0.3) is 11.3 Å². The lowest BCUT2D eigenvalue weighted by Crippen LogP contribution is -2.16. The first-order valence-electron chi connectivity index (χ1n) is 8.54. The van der Waals surface area contributed by atoms with Crippen molar-refractivity contribution in [2.45, 2.75) is 33.8 Å². The van der Waals surface area contributed by atoms with Crippen LogP contribution in [0.5, 0.6) is 5.75 Å². The second-order valence-corrected chi connectivity index (χ2v) is 7.12. The molecule has 0 saturated carbocycles. The molecule has 0 aliphatic heterocycles. The number of hydrogen-bond acceptors (Lipinski definition) is 6. The van der Waals surface area contributed by atoms with Gasteiger partial charge in [0, 0.05) is 16.6 Å². The van der Waals surface area contributed by atoms with Gasteiger partial charge in [0.1, 0.15) is 11.6 Å². The molecule has 9 heteroatoms. The number of nitrogens with zero attached hydrogens (tertiary/aromatic N) is 3. The first-order chi connectivity index (χ1) is 13.4. The van der Waals surface area contributed by atoms with E-state index in [0.717, 1.165) is 10.4 Å². The second-order valence-electron chi connectivity index (χ2n) is 5.91. The third-order valence-corrected chi connectivity index (χ3v) is 4.82. The van der Waals surface area contributed by atoms with E-state index in [9.17, 15) is 13.6 Å². The number of ether oxygens (including phenoxy) is 1. The summed E-state index contributed by atoms with van der Waals surface area (Å²) in [4.78, 5) is 26.3. The molecule has 3 aromatic rings. The maximum absolute atomic E-state index is 12.6. The van der Waals surface area contributed by atoms with E-state index >= 15 is 0 Å². The normalized spacial score (nSPS) is 10.9. The van der Waals surface area contributed by atoms with Gasteiger partial charge in [-0.15, -0.1) is 11.3 Å². The molecule has 0 bridgehead atoms. The van der Waals surface area contributed by atoms with Crippen molar-refractivity contribution in [2.24, 2.45) is 0 Å². The molecular weight excluding hydrogens is 386 g/mol. The van der Waals surface area contributed by atoms with Crippen molar-refractivity contribution in [1.29, 1.82) is 0 Å². The zero-order chi connectivity index (χ0) is 20.3. The highest BCUT2D eigenvalue weighted by Crippen LogP contribution is 2.31. The van der Waals surface area contributed by atoms with Crippen LogP contribution in [0, 0.1) is 13.8 Å². The number of carbonyl (C=O) groups excluding carboxylic acids is 1. The van der Waals surface area contributed by atoms with E-state index in [1.807, 2.05) is 13.8 Å². The zero-order valence-corrected chi connectivity index (χ0v) is 16.3. The maximum Gasteiger partial charge on any atom is 0.387 e. The predicted molar refractivity (Wildman–Crippen MR) is 103 cm³/mol. The lowest BCUT2D eigenvalue weighted by atomic mass is 10.1. The number of amides is 1. The van der Waals surface area contributed by atoms with Gasteiger partial charge in [0.15, 0.2) is 5.13 Å². The number of halogens is 2. The minimum atomic E-state index is -2.87. The van der Waals surface area contributed by atoms with E-state index in [-0.39, 0.29) is 11.7 Å². The molecule has 0 saturated heterocycles. The summed E-state index contributed by atoms with van der Waals surface area (Å²) in [6, 6.07) is 6.20. The number of rotatable bonds is 6. The Labute approximate surface area is 164 Å². The Kier molecular flexibility index (Phi) is 5.93. The summed E-state index contributed by atoms with van der Waals surface area (Å²) in [5, 5.41) is 3.22. The quantitative estimate of drug-likeness (QED) is 0.648. The standard InChI is InChI=1S/C19H18F2N4O2S/c1-4-15-14(9-22-11(3)23-15)17(26)25-19-24-16(10(2)28-19)12-5-7-13(8-6-12)27-18(20)21/h5-9,18H,4H2,1-3H3,(H,24,25,26). The van der Waals surface area contributed by atoms with Crippen LogP contribution < -0.4 is 10.1 Å². The Hall–Kier alpha value is -2.94. The van der Waals surface area contributed by atoms with E-state index < -0.39 is 6.61 Å². The summed E-state index contributed by atoms with van der Waals surface area (Å²) in [5.41, 5.74) is 2.49. The van der Waals surface area contributed by atoms with Gasteiger partial charge in [0.2, 0.25) is 0 Å². The minimum absolute atomic E-state index is 0.0756. The Balaban J connectivity index is 1.80. The number of nitrogens with one attached hydrogen (secondary N) is 1. The number of benzene rings is 1. The third kappa shape index (κ3) is 4.48. The zero-order valence-electron chi connectivity index (χ0n) is 15.5. The molecule has 0 unspecified atom stereocenters. The van der Waals surface area contributed by atoms with Crippen molar-refractivity contribution in [3.05, 3.63) is 52.4 Å². The third-order valence-electron chi connectivity index (χ3n) is 3.94. The smallest absolute Gasteiger partial charge is 0.387 e. The van der Waals surface area contributed by atoms with Crippen LogP contribution in [0.15, 0.2) is 30.5 Å². The molecule has 28 heavy (non-hydrogen) atoms. The van der Waals surface area contributed by atoms with Crippen LogP contribution in [0.4, 0.5) is 13.9 Å². The Morgan fingerprint density at radius 3 is 2.57 bits per heavy atom. The molecule has 0 spiro atoms. The molecule has 1 aromatic carbocycles. The van der Waals surface area contributed by atoms with Gasteiger partial charge in [-0.25, -0.2) is 15.0 Å². The highest BCUT2D eigenvalue weighted by Gasteiger charge is 2.17. The first-order valence-corrected chi connectivity index (χ1v) is 9.35. The van der Waals surface area contributed by atoms with Gasteiger partial charge in [0.25, 0.3) is 5.91 Å². The Bertz CT molecular complexity index is 990.